The molecule has 2 atom stereocenters. The number of benzene rings is 2. The molecule has 2 aromatic rings. The SMILES string of the molecule is CSCC(CCO)NC(=O)C(C)c1ccc2ccccc2c1. The molecule has 2 aromatic carbocycles. The Bertz CT molecular complexity index is 623. The summed E-state index contributed by atoms with van der Waals surface area (Å²) in [5.74, 6) is 0.631. The summed E-state index contributed by atoms with van der Waals surface area (Å²) in [6.45, 7) is 2.02. The third kappa shape index (κ3) is 4.24. The summed E-state index contributed by atoms with van der Waals surface area (Å²) in [4.78, 5) is 12.4. The fraction of sp³-hybridized carbons (Fsp3) is 0.389. The summed E-state index contributed by atoms with van der Waals surface area (Å²) in [6, 6.07) is 14.3. The molecule has 22 heavy (non-hydrogen) atoms. The highest BCUT2D eigenvalue weighted by atomic mass is 32.2. The van der Waals surface area contributed by atoms with Crippen LogP contribution in [0.4, 0.5) is 0 Å². The van der Waals surface area contributed by atoms with Gasteiger partial charge in [-0.15, -0.1) is 0 Å². The number of fused-ring (bicyclic) bond motifs is 1. The smallest absolute Gasteiger partial charge is 0.227 e. The first kappa shape index (κ1) is 16.8. The molecule has 0 aromatic heterocycles. The highest BCUT2D eigenvalue weighted by Crippen LogP contribution is 2.22. The van der Waals surface area contributed by atoms with Crippen LogP contribution in [0.15, 0.2) is 42.5 Å². The molecule has 0 saturated carbocycles. The molecule has 0 radical (unpaired) electrons. The Hall–Kier alpha value is -1.52. The maximum Gasteiger partial charge on any atom is 0.227 e. The van der Waals surface area contributed by atoms with Crippen molar-refractivity contribution < 1.29 is 9.90 Å². The van der Waals surface area contributed by atoms with Gasteiger partial charge in [-0.2, -0.15) is 11.8 Å². The molecule has 0 spiro atoms. The van der Waals surface area contributed by atoms with Gasteiger partial charge in [-0.1, -0.05) is 42.5 Å². The van der Waals surface area contributed by atoms with Crippen LogP contribution in [-0.4, -0.2) is 35.7 Å². The highest BCUT2D eigenvalue weighted by Gasteiger charge is 2.19. The van der Waals surface area contributed by atoms with Crippen molar-refractivity contribution in [2.45, 2.75) is 25.3 Å². The van der Waals surface area contributed by atoms with E-state index < -0.39 is 0 Å². The van der Waals surface area contributed by atoms with E-state index in [9.17, 15) is 4.79 Å². The van der Waals surface area contributed by atoms with E-state index in [0.29, 0.717) is 6.42 Å². The number of hydrogen-bond acceptors (Lipinski definition) is 3. The van der Waals surface area contributed by atoms with Gasteiger partial charge in [-0.25, -0.2) is 0 Å². The number of aliphatic hydroxyl groups excluding tert-OH is 1. The zero-order valence-corrected chi connectivity index (χ0v) is 13.9. The van der Waals surface area contributed by atoms with E-state index >= 15 is 0 Å². The zero-order valence-electron chi connectivity index (χ0n) is 13.1. The Morgan fingerprint density at radius 3 is 2.64 bits per heavy atom. The van der Waals surface area contributed by atoms with Crippen molar-refractivity contribution >= 4 is 28.4 Å². The average molecular weight is 317 g/mol. The molecular weight excluding hydrogens is 294 g/mol. The van der Waals surface area contributed by atoms with Crippen LogP contribution in [0.25, 0.3) is 10.8 Å². The fourth-order valence-electron chi connectivity index (χ4n) is 2.51. The molecule has 2 unspecified atom stereocenters. The number of nitrogens with one attached hydrogen (secondary N) is 1. The van der Waals surface area contributed by atoms with Crippen LogP contribution >= 0.6 is 11.8 Å². The lowest BCUT2D eigenvalue weighted by atomic mass is 9.97. The minimum Gasteiger partial charge on any atom is -0.396 e. The number of carbonyl (C=O) groups is 1. The Labute approximate surface area is 136 Å². The molecule has 4 heteroatoms. The summed E-state index contributed by atoms with van der Waals surface area (Å²) in [5.41, 5.74) is 1.02. The normalized spacial score (nSPS) is 13.8. The van der Waals surface area contributed by atoms with Crippen molar-refractivity contribution in [2.24, 2.45) is 0 Å². The standard InChI is InChI=1S/C18H23NO2S/c1-13(18(21)19-17(9-10-20)12-22-2)15-8-7-14-5-3-4-6-16(14)11-15/h3-8,11,13,17,20H,9-10,12H2,1-2H3,(H,19,21). The van der Waals surface area contributed by atoms with Crippen molar-refractivity contribution in [2.75, 3.05) is 18.6 Å². The van der Waals surface area contributed by atoms with Crippen LogP contribution in [0.3, 0.4) is 0 Å². The van der Waals surface area contributed by atoms with Crippen LogP contribution in [0.2, 0.25) is 0 Å². The predicted molar refractivity (Wildman–Crippen MR) is 94.4 cm³/mol. The monoisotopic (exact) mass is 317 g/mol. The Balaban J connectivity index is 2.10. The molecule has 0 aliphatic heterocycles. The van der Waals surface area contributed by atoms with Gasteiger partial charge in [0, 0.05) is 18.4 Å². The van der Waals surface area contributed by atoms with E-state index in [0.717, 1.165) is 16.7 Å². The van der Waals surface area contributed by atoms with E-state index in [1.54, 1.807) is 11.8 Å². The second-order valence-corrected chi connectivity index (χ2v) is 6.41. The fourth-order valence-corrected chi connectivity index (χ4v) is 3.16. The lowest BCUT2D eigenvalue weighted by Gasteiger charge is -2.20. The third-order valence-corrected chi connectivity index (χ3v) is 4.59. The topological polar surface area (TPSA) is 49.3 Å². The first-order chi connectivity index (χ1) is 10.7. The predicted octanol–water partition coefficient (Wildman–Crippen LogP) is 3.17. The number of rotatable bonds is 7. The molecule has 0 aliphatic carbocycles. The van der Waals surface area contributed by atoms with Crippen LogP contribution in [-0.2, 0) is 4.79 Å². The molecule has 0 heterocycles. The minimum absolute atomic E-state index is 0.0165. The first-order valence-electron chi connectivity index (χ1n) is 7.54. The van der Waals surface area contributed by atoms with Gasteiger partial charge in [0.1, 0.15) is 0 Å². The lowest BCUT2D eigenvalue weighted by Crippen LogP contribution is -2.39. The molecular formula is C18H23NO2S. The van der Waals surface area contributed by atoms with Gasteiger partial charge >= 0.3 is 0 Å². The van der Waals surface area contributed by atoms with Crippen molar-refractivity contribution in [3.05, 3.63) is 48.0 Å². The summed E-state index contributed by atoms with van der Waals surface area (Å²) < 4.78 is 0. The average Bonchev–Trinajstić information content (AvgIpc) is 2.54. The minimum atomic E-state index is -0.201. The molecule has 0 aliphatic rings. The number of aliphatic hydroxyl groups is 1. The van der Waals surface area contributed by atoms with Gasteiger partial charge in [0.25, 0.3) is 0 Å². The van der Waals surface area contributed by atoms with Crippen LogP contribution < -0.4 is 5.32 Å². The van der Waals surface area contributed by atoms with Gasteiger partial charge in [0.05, 0.1) is 5.92 Å². The van der Waals surface area contributed by atoms with E-state index in [-0.39, 0.29) is 24.5 Å². The summed E-state index contributed by atoms with van der Waals surface area (Å²) in [6.07, 6.45) is 2.60. The zero-order chi connectivity index (χ0) is 15.9. The lowest BCUT2D eigenvalue weighted by molar-refractivity contribution is -0.122. The van der Waals surface area contributed by atoms with Gasteiger partial charge in [0.15, 0.2) is 0 Å². The van der Waals surface area contributed by atoms with E-state index in [2.05, 4.69) is 29.6 Å². The van der Waals surface area contributed by atoms with Gasteiger partial charge in [0.2, 0.25) is 5.91 Å². The van der Waals surface area contributed by atoms with Crippen LogP contribution in [0, 0.1) is 0 Å². The number of hydrogen-bond donors (Lipinski definition) is 2. The van der Waals surface area contributed by atoms with Crippen LogP contribution in [0.5, 0.6) is 0 Å². The van der Waals surface area contributed by atoms with Gasteiger partial charge in [-0.05, 0) is 35.9 Å². The van der Waals surface area contributed by atoms with Gasteiger partial charge < -0.3 is 10.4 Å². The molecule has 1 amide bonds. The van der Waals surface area contributed by atoms with Gasteiger partial charge in [-0.3, -0.25) is 4.79 Å². The van der Waals surface area contributed by atoms with Crippen molar-refractivity contribution in [1.82, 2.24) is 5.32 Å². The maximum absolute atomic E-state index is 12.4. The first-order valence-corrected chi connectivity index (χ1v) is 8.94. The molecule has 2 N–H and O–H groups in total. The molecule has 3 nitrogen and oxygen atoms in total. The number of amides is 1. The largest absolute Gasteiger partial charge is 0.396 e. The maximum atomic E-state index is 12.4. The Kier molecular flexibility index (Phi) is 6.28. The summed E-state index contributed by atoms with van der Waals surface area (Å²) in [7, 11) is 0. The van der Waals surface area contributed by atoms with Crippen molar-refractivity contribution in [1.29, 1.82) is 0 Å². The Morgan fingerprint density at radius 2 is 1.95 bits per heavy atom. The van der Waals surface area contributed by atoms with E-state index in [1.165, 1.54) is 5.39 Å². The quantitative estimate of drug-likeness (QED) is 0.824. The Morgan fingerprint density at radius 1 is 1.23 bits per heavy atom. The molecule has 0 bridgehead atoms. The van der Waals surface area contributed by atoms with E-state index in [4.69, 9.17) is 5.11 Å². The third-order valence-electron chi connectivity index (χ3n) is 3.86. The van der Waals surface area contributed by atoms with E-state index in [1.807, 2.05) is 31.4 Å². The van der Waals surface area contributed by atoms with Crippen molar-refractivity contribution in [3.63, 3.8) is 0 Å². The molecule has 0 fully saturated rings. The molecule has 2 rings (SSSR count). The molecule has 0 saturated heterocycles. The second kappa shape index (κ2) is 8.20. The summed E-state index contributed by atoms with van der Waals surface area (Å²) in [5, 5.41) is 14.5. The van der Waals surface area contributed by atoms with Crippen LogP contribution in [0.1, 0.15) is 24.8 Å². The number of thioether (sulfide) groups is 1. The highest BCUT2D eigenvalue weighted by molar-refractivity contribution is 7.98. The van der Waals surface area contributed by atoms with Crippen molar-refractivity contribution in [3.8, 4) is 0 Å². The second-order valence-electron chi connectivity index (χ2n) is 5.50. The number of carbonyl (C=O) groups excluding carboxylic acids is 1. The summed E-state index contributed by atoms with van der Waals surface area (Å²) >= 11 is 1.68. The molecule has 118 valence electrons.